The summed E-state index contributed by atoms with van der Waals surface area (Å²) in [6.07, 6.45) is -0.433. The molecule has 0 bridgehead atoms. The van der Waals surface area contributed by atoms with Crippen molar-refractivity contribution in [1.29, 1.82) is 0 Å². The lowest BCUT2D eigenvalue weighted by atomic mass is 10.2. The Labute approximate surface area is 90.4 Å². The van der Waals surface area contributed by atoms with Crippen molar-refractivity contribution in [3.63, 3.8) is 0 Å². The van der Waals surface area contributed by atoms with E-state index < -0.39 is 6.09 Å². The van der Waals surface area contributed by atoms with Gasteiger partial charge >= 0.3 is 6.09 Å². The molecule has 4 nitrogen and oxygen atoms in total. The number of hydrogen-bond acceptors (Lipinski definition) is 3. The van der Waals surface area contributed by atoms with Crippen molar-refractivity contribution in [2.45, 2.75) is 20.5 Å². The number of amides is 1. The Balaban J connectivity index is 0.000000921. The number of hydrogen-bond donors (Lipinski definition) is 2. The van der Waals surface area contributed by atoms with E-state index in [2.05, 4.69) is 5.32 Å². The monoisotopic (exact) mass is 210 g/mol. The van der Waals surface area contributed by atoms with Crippen LogP contribution < -0.4 is 11.1 Å². The minimum atomic E-state index is -0.433. The second-order valence-electron chi connectivity index (χ2n) is 2.57. The zero-order valence-corrected chi connectivity index (χ0v) is 9.41. The fraction of sp³-hybridized carbons (Fsp3) is 0.364. The summed E-state index contributed by atoms with van der Waals surface area (Å²) < 4.78 is 4.83. The zero-order chi connectivity index (χ0) is 11.7. The molecular formula is C11H18N2O2. The smallest absolute Gasteiger partial charge is 0.407 e. The molecule has 84 valence electrons. The van der Waals surface area contributed by atoms with Crippen LogP contribution in [0.1, 0.15) is 19.4 Å². The zero-order valence-electron chi connectivity index (χ0n) is 9.41. The first-order chi connectivity index (χ1) is 7.22. The topological polar surface area (TPSA) is 64.3 Å². The molecule has 0 heterocycles. The fourth-order valence-corrected chi connectivity index (χ4v) is 0.835. The quantitative estimate of drug-likeness (QED) is 0.735. The molecule has 3 N–H and O–H groups in total. The van der Waals surface area contributed by atoms with E-state index in [0.29, 0.717) is 5.69 Å². The molecule has 0 aliphatic carbocycles. The number of rotatable bonds is 2. The number of carbonyl (C=O) groups excluding carboxylic acids is 1. The van der Waals surface area contributed by atoms with Gasteiger partial charge in [-0.05, 0) is 17.7 Å². The van der Waals surface area contributed by atoms with Gasteiger partial charge in [-0.15, -0.1) is 0 Å². The van der Waals surface area contributed by atoms with Crippen molar-refractivity contribution in [1.82, 2.24) is 5.32 Å². The van der Waals surface area contributed by atoms with Gasteiger partial charge in [0.2, 0.25) is 0 Å². The maximum atomic E-state index is 10.7. The number of nitrogen functional groups attached to an aromatic ring is 1. The molecule has 0 unspecified atom stereocenters. The summed E-state index contributed by atoms with van der Waals surface area (Å²) in [7, 11) is 1.52. The third-order valence-electron chi connectivity index (χ3n) is 1.55. The summed E-state index contributed by atoms with van der Waals surface area (Å²) in [5.74, 6) is 0. The van der Waals surface area contributed by atoms with Crippen molar-refractivity contribution in [2.24, 2.45) is 0 Å². The molecule has 0 aliphatic rings. The van der Waals surface area contributed by atoms with Gasteiger partial charge in [-0.3, -0.25) is 0 Å². The lowest BCUT2D eigenvalue weighted by Gasteiger charge is -2.03. The van der Waals surface area contributed by atoms with E-state index in [1.165, 1.54) is 7.05 Å². The largest absolute Gasteiger partial charge is 0.445 e. The van der Waals surface area contributed by atoms with E-state index in [1.807, 2.05) is 26.0 Å². The Morgan fingerprint density at radius 1 is 1.33 bits per heavy atom. The molecule has 1 amide bonds. The van der Waals surface area contributed by atoms with Crippen molar-refractivity contribution >= 4 is 11.8 Å². The second-order valence-corrected chi connectivity index (χ2v) is 2.57. The van der Waals surface area contributed by atoms with Gasteiger partial charge in [0, 0.05) is 12.7 Å². The number of carbonyl (C=O) groups is 1. The van der Waals surface area contributed by atoms with Crippen molar-refractivity contribution in [2.75, 3.05) is 12.8 Å². The van der Waals surface area contributed by atoms with E-state index in [4.69, 9.17) is 10.5 Å². The number of benzene rings is 1. The SMILES string of the molecule is CC.CNC(=O)OCc1ccc(N)cc1. The molecule has 15 heavy (non-hydrogen) atoms. The van der Waals surface area contributed by atoms with Gasteiger partial charge in [0.1, 0.15) is 6.61 Å². The van der Waals surface area contributed by atoms with Crippen LogP contribution in [-0.4, -0.2) is 13.1 Å². The minimum absolute atomic E-state index is 0.264. The lowest BCUT2D eigenvalue weighted by Crippen LogP contribution is -2.18. The molecular weight excluding hydrogens is 192 g/mol. The van der Waals surface area contributed by atoms with Gasteiger partial charge < -0.3 is 15.8 Å². The summed E-state index contributed by atoms with van der Waals surface area (Å²) in [4.78, 5) is 10.7. The highest BCUT2D eigenvalue weighted by atomic mass is 16.5. The Morgan fingerprint density at radius 3 is 2.33 bits per heavy atom. The Morgan fingerprint density at radius 2 is 1.87 bits per heavy atom. The molecule has 0 aromatic heterocycles. The van der Waals surface area contributed by atoms with Gasteiger partial charge in [0.05, 0.1) is 0 Å². The van der Waals surface area contributed by atoms with Crippen LogP contribution in [0.4, 0.5) is 10.5 Å². The van der Waals surface area contributed by atoms with Crippen molar-refractivity contribution in [3.05, 3.63) is 29.8 Å². The first-order valence-electron chi connectivity index (χ1n) is 4.91. The number of nitrogens with one attached hydrogen (secondary N) is 1. The molecule has 1 aromatic carbocycles. The Hall–Kier alpha value is -1.71. The molecule has 0 aliphatic heterocycles. The van der Waals surface area contributed by atoms with E-state index in [1.54, 1.807) is 12.1 Å². The van der Waals surface area contributed by atoms with Gasteiger partial charge in [0.15, 0.2) is 0 Å². The number of nitrogens with two attached hydrogens (primary N) is 1. The molecule has 0 atom stereocenters. The Bertz CT molecular complexity index is 283. The van der Waals surface area contributed by atoms with E-state index >= 15 is 0 Å². The number of alkyl carbamates (subject to hydrolysis) is 1. The third kappa shape index (κ3) is 5.57. The predicted molar refractivity (Wildman–Crippen MR) is 61.4 cm³/mol. The summed E-state index contributed by atoms with van der Waals surface area (Å²) in [6, 6.07) is 7.17. The van der Waals surface area contributed by atoms with Gasteiger partial charge in [-0.2, -0.15) is 0 Å². The minimum Gasteiger partial charge on any atom is -0.445 e. The lowest BCUT2D eigenvalue weighted by molar-refractivity contribution is 0.142. The fourth-order valence-electron chi connectivity index (χ4n) is 0.835. The van der Waals surface area contributed by atoms with E-state index in [0.717, 1.165) is 5.56 Å². The maximum absolute atomic E-state index is 10.7. The van der Waals surface area contributed by atoms with Crippen LogP contribution >= 0.6 is 0 Å². The number of anilines is 1. The highest BCUT2D eigenvalue weighted by Gasteiger charge is 1.98. The Kier molecular flexibility index (Phi) is 6.80. The predicted octanol–water partition coefficient (Wildman–Crippen LogP) is 2.15. The molecule has 0 spiro atoms. The highest BCUT2D eigenvalue weighted by molar-refractivity contribution is 5.66. The summed E-state index contributed by atoms with van der Waals surface area (Å²) in [6.45, 7) is 4.26. The van der Waals surface area contributed by atoms with Gasteiger partial charge in [0.25, 0.3) is 0 Å². The molecule has 0 saturated heterocycles. The van der Waals surface area contributed by atoms with E-state index in [9.17, 15) is 4.79 Å². The summed E-state index contributed by atoms with van der Waals surface area (Å²) in [5, 5.41) is 2.36. The normalized spacial score (nSPS) is 8.47. The van der Waals surface area contributed by atoms with Crippen molar-refractivity contribution in [3.8, 4) is 0 Å². The highest BCUT2D eigenvalue weighted by Crippen LogP contribution is 2.06. The van der Waals surface area contributed by atoms with Crippen LogP contribution in [0.15, 0.2) is 24.3 Å². The average molecular weight is 210 g/mol. The molecule has 0 fully saturated rings. The number of ether oxygens (including phenoxy) is 1. The molecule has 1 aromatic rings. The standard InChI is InChI=1S/C9H12N2O2.C2H6/c1-11-9(12)13-6-7-2-4-8(10)5-3-7;1-2/h2-5H,6,10H2,1H3,(H,11,12);1-2H3. The van der Waals surface area contributed by atoms with E-state index in [-0.39, 0.29) is 6.61 Å². The van der Waals surface area contributed by atoms with Crippen molar-refractivity contribution < 1.29 is 9.53 Å². The molecule has 4 heteroatoms. The van der Waals surface area contributed by atoms with Crippen LogP contribution in [0.3, 0.4) is 0 Å². The first kappa shape index (κ1) is 13.3. The molecule has 1 rings (SSSR count). The molecule has 0 saturated carbocycles. The average Bonchev–Trinajstić information content (AvgIpc) is 2.30. The first-order valence-corrected chi connectivity index (χ1v) is 4.91. The van der Waals surface area contributed by atoms with Crippen LogP contribution in [0.5, 0.6) is 0 Å². The maximum Gasteiger partial charge on any atom is 0.407 e. The third-order valence-corrected chi connectivity index (χ3v) is 1.55. The van der Waals surface area contributed by atoms with Crippen LogP contribution in [0, 0.1) is 0 Å². The van der Waals surface area contributed by atoms with Gasteiger partial charge in [-0.25, -0.2) is 4.79 Å². The molecule has 0 radical (unpaired) electrons. The van der Waals surface area contributed by atoms with Crippen LogP contribution in [-0.2, 0) is 11.3 Å². The van der Waals surface area contributed by atoms with Crippen LogP contribution in [0.2, 0.25) is 0 Å². The van der Waals surface area contributed by atoms with Crippen LogP contribution in [0.25, 0.3) is 0 Å². The summed E-state index contributed by atoms with van der Waals surface area (Å²) in [5.41, 5.74) is 7.10. The summed E-state index contributed by atoms with van der Waals surface area (Å²) >= 11 is 0. The van der Waals surface area contributed by atoms with Gasteiger partial charge in [-0.1, -0.05) is 26.0 Å². The second kappa shape index (κ2) is 7.67.